The Kier molecular flexibility index (Phi) is 6.61. The van der Waals surface area contributed by atoms with Crippen LogP contribution in [0, 0.1) is 0 Å². The van der Waals surface area contributed by atoms with Crippen LogP contribution in [0.5, 0.6) is 5.75 Å². The molecule has 1 aromatic rings. The molecule has 3 heteroatoms. The zero-order valence-corrected chi connectivity index (χ0v) is 9.95. The Bertz CT molecular complexity index is 289. The fraction of sp³-hybridized carbons (Fsp3) is 0.538. The van der Waals surface area contributed by atoms with Gasteiger partial charge in [-0.2, -0.15) is 0 Å². The van der Waals surface area contributed by atoms with E-state index in [1.54, 1.807) is 0 Å². The Morgan fingerprint density at radius 1 is 1.19 bits per heavy atom. The highest BCUT2D eigenvalue weighted by Gasteiger charge is 1.95. The topological polar surface area (TPSA) is 44.5 Å². The number of nitrogens with two attached hydrogens (primary N) is 1. The van der Waals surface area contributed by atoms with Crippen molar-refractivity contribution in [2.24, 2.45) is 5.73 Å². The van der Waals surface area contributed by atoms with Gasteiger partial charge in [-0.1, -0.05) is 19.1 Å². The molecular formula is C13H21NO2. The summed E-state index contributed by atoms with van der Waals surface area (Å²) in [6, 6.07) is 7.89. The van der Waals surface area contributed by atoms with Crippen molar-refractivity contribution in [3.63, 3.8) is 0 Å². The molecule has 16 heavy (non-hydrogen) atoms. The summed E-state index contributed by atoms with van der Waals surface area (Å²) in [7, 11) is 0. The molecule has 1 aromatic carbocycles. The van der Waals surface area contributed by atoms with Crippen molar-refractivity contribution in [1.82, 2.24) is 0 Å². The predicted octanol–water partition coefficient (Wildman–Crippen LogP) is 2.34. The van der Waals surface area contributed by atoms with Gasteiger partial charge in [0.1, 0.15) is 5.75 Å². The maximum Gasteiger partial charge on any atom is 0.119 e. The second-order valence-electron chi connectivity index (χ2n) is 3.67. The Morgan fingerprint density at radius 2 is 2.06 bits per heavy atom. The van der Waals surface area contributed by atoms with Crippen LogP contribution < -0.4 is 10.5 Å². The van der Waals surface area contributed by atoms with Gasteiger partial charge in [0, 0.05) is 26.2 Å². The lowest BCUT2D eigenvalue weighted by Crippen LogP contribution is -2.04. The highest BCUT2D eigenvalue weighted by molar-refractivity contribution is 5.28. The molecule has 0 saturated carbocycles. The van der Waals surface area contributed by atoms with Crippen molar-refractivity contribution in [2.45, 2.75) is 26.3 Å². The second kappa shape index (κ2) is 8.13. The summed E-state index contributed by atoms with van der Waals surface area (Å²) in [4.78, 5) is 0. The lowest BCUT2D eigenvalue weighted by molar-refractivity contribution is 0.120. The van der Waals surface area contributed by atoms with Crippen LogP contribution in [0.1, 0.15) is 25.3 Å². The summed E-state index contributed by atoms with van der Waals surface area (Å²) < 4.78 is 11.0. The van der Waals surface area contributed by atoms with Gasteiger partial charge in [0.05, 0.1) is 6.61 Å². The van der Waals surface area contributed by atoms with Crippen LogP contribution in [-0.4, -0.2) is 19.8 Å². The van der Waals surface area contributed by atoms with Crippen molar-refractivity contribution in [1.29, 1.82) is 0 Å². The van der Waals surface area contributed by atoms with Crippen LogP contribution in [-0.2, 0) is 11.3 Å². The molecule has 0 aromatic heterocycles. The van der Waals surface area contributed by atoms with Crippen molar-refractivity contribution in [3.8, 4) is 5.75 Å². The van der Waals surface area contributed by atoms with Gasteiger partial charge in [0.15, 0.2) is 0 Å². The van der Waals surface area contributed by atoms with E-state index >= 15 is 0 Å². The third-order valence-electron chi connectivity index (χ3n) is 2.18. The Hall–Kier alpha value is -1.06. The van der Waals surface area contributed by atoms with Crippen LogP contribution in [0.25, 0.3) is 0 Å². The van der Waals surface area contributed by atoms with Crippen LogP contribution in [0.3, 0.4) is 0 Å². The first-order valence-corrected chi connectivity index (χ1v) is 5.86. The smallest absolute Gasteiger partial charge is 0.119 e. The number of ether oxygens (including phenoxy) is 2. The van der Waals surface area contributed by atoms with Crippen molar-refractivity contribution < 1.29 is 9.47 Å². The van der Waals surface area contributed by atoms with E-state index in [9.17, 15) is 0 Å². The van der Waals surface area contributed by atoms with Crippen LogP contribution in [0.4, 0.5) is 0 Å². The van der Waals surface area contributed by atoms with Crippen molar-refractivity contribution >= 4 is 0 Å². The molecule has 2 N–H and O–H groups in total. The van der Waals surface area contributed by atoms with Gasteiger partial charge >= 0.3 is 0 Å². The minimum Gasteiger partial charge on any atom is -0.493 e. The summed E-state index contributed by atoms with van der Waals surface area (Å²) in [6.45, 7) is 4.95. The highest BCUT2D eigenvalue weighted by atomic mass is 16.5. The molecule has 0 fully saturated rings. The lowest BCUT2D eigenvalue weighted by atomic mass is 10.2. The van der Waals surface area contributed by atoms with E-state index in [4.69, 9.17) is 15.2 Å². The highest BCUT2D eigenvalue weighted by Crippen LogP contribution is 2.12. The summed E-state index contributed by atoms with van der Waals surface area (Å²) in [5, 5.41) is 0. The van der Waals surface area contributed by atoms with E-state index in [-0.39, 0.29) is 0 Å². The SMILES string of the molecule is CCCOCCCOc1cccc(CN)c1. The molecule has 0 bridgehead atoms. The van der Waals surface area contributed by atoms with Gasteiger partial charge in [-0.15, -0.1) is 0 Å². The third kappa shape index (κ3) is 5.14. The van der Waals surface area contributed by atoms with Gasteiger partial charge in [-0.3, -0.25) is 0 Å². The van der Waals surface area contributed by atoms with E-state index < -0.39 is 0 Å². The van der Waals surface area contributed by atoms with E-state index in [0.717, 1.165) is 37.4 Å². The molecule has 0 aliphatic carbocycles. The average molecular weight is 223 g/mol. The largest absolute Gasteiger partial charge is 0.493 e. The number of hydrogen-bond donors (Lipinski definition) is 1. The van der Waals surface area contributed by atoms with E-state index in [2.05, 4.69) is 6.92 Å². The maximum atomic E-state index is 5.59. The van der Waals surface area contributed by atoms with Crippen LogP contribution in [0.15, 0.2) is 24.3 Å². The van der Waals surface area contributed by atoms with Crippen LogP contribution >= 0.6 is 0 Å². The maximum absolute atomic E-state index is 5.59. The van der Waals surface area contributed by atoms with E-state index in [0.29, 0.717) is 13.2 Å². The molecule has 1 rings (SSSR count). The first-order valence-electron chi connectivity index (χ1n) is 5.86. The second-order valence-corrected chi connectivity index (χ2v) is 3.67. The number of benzene rings is 1. The monoisotopic (exact) mass is 223 g/mol. The number of hydrogen-bond acceptors (Lipinski definition) is 3. The molecule has 0 saturated heterocycles. The van der Waals surface area contributed by atoms with E-state index in [1.807, 2.05) is 24.3 Å². The molecule has 90 valence electrons. The molecule has 0 spiro atoms. The Morgan fingerprint density at radius 3 is 2.81 bits per heavy atom. The molecule has 0 unspecified atom stereocenters. The van der Waals surface area contributed by atoms with Gasteiger partial charge in [0.2, 0.25) is 0 Å². The zero-order chi connectivity index (χ0) is 11.6. The first kappa shape index (κ1) is 13.0. The zero-order valence-electron chi connectivity index (χ0n) is 9.95. The molecular weight excluding hydrogens is 202 g/mol. The summed E-state index contributed by atoms with van der Waals surface area (Å²) >= 11 is 0. The van der Waals surface area contributed by atoms with Crippen LogP contribution in [0.2, 0.25) is 0 Å². The Balaban J connectivity index is 2.16. The fourth-order valence-electron chi connectivity index (χ4n) is 1.36. The summed E-state index contributed by atoms with van der Waals surface area (Å²) in [5.74, 6) is 0.887. The van der Waals surface area contributed by atoms with Gasteiger partial charge in [-0.25, -0.2) is 0 Å². The van der Waals surface area contributed by atoms with Gasteiger partial charge in [0.25, 0.3) is 0 Å². The molecule has 0 radical (unpaired) electrons. The minimum absolute atomic E-state index is 0.552. The van der Waals surface area contributed by atoms with E-state index in [1.165, 1.54) is 0 Å². The summed E-state index contributed by atoms with van der Waals surface area (Å²) in [6.07, 6.45) is 1.99. The quantitative estimate of drug-likeness (QED) is 0.688. The number of rotatable bonds is 8. The third-order valence-corrected chi connectivity index (χ3v) is 2.18. The fourth-order valence-corrected chi connectivity index (χ4v) is 1.36. The predicted molar refractivity (Wildman–Crippen MR) is 65.6 cm³/mol. The molecule has 0 atom stereocenters. The molecule has 0 aliphatic heterocycles. The first-order chi connectivity index (χ1) is 7.86. The summed E-state index contributed by atoms with van der Waals surface area (Å²) in [5.41, 5.74) is 6.65. The Labute approximate surface area is 97.6 Å². The van der Waals surface area contributed by atoms with Crippen molar-refractivity contribution in [3.05, 3.63) is 29.8 Å². The molecule has 0 amide bonds. The van der Waals surface area contributed by atoms with Crippen molar-refractivity contribution in [2.75, 3.05) is 19.8 Å². The lowest BCUT2D eigenvalue weighted by Gasteiger charge is -2.07. The van der Waals surface area contributed by atoms with Gasteiger partial charge in [-0.05, 0) is 24.1 Å². The molecule has 0 heterocycles. The minimum atomic E-state index is 0.552. The standard InChI is InChI=1S/C13H21NO2/c1-2-7-15-8-4-9-16-13-6-3-5-12(10-13)11-14/h3,5-6,10H,2,4,7-9,11,14H2,1H3. The van der Waals surface area contributed by atoms with Gasteiger partial charge < -0.3 is 15.2 Å². The average Bonchev–Trinajstić information content (AvgIpc) is 2.34. The molecule has 0 aliphatic rings. The normalized spacial score (nSPS) is 10.4. The molecule has 3 nitrogen and oxygen atoms in total.